The third kappa shape index (κ3) is 7.84. The van der Waals surface area contributed by atoms with E-state index in [9.17, 15) is 9.59 Å². The molecule has 0 spiro atoms. The van der Waals surface area contributed by atoms with Crippen LogP contribution in [0, 0.1) is 0 Å². The fourth-order valence-corrected chi connectivity index (χ4v) is 3.66. The van der Waals surface area contributed by atoms with Crippen LogP contribution in [0.1, 0.15) is 40.1 Å². The normalized spacial score (nSPS) is 10.5. The highest BCUT2D eigenvalue weighted by Crippen LogP contribution is 2.23. The molecule has 39 heavy (non-hydrogen) atoms. The molecule has 0 aliphatic carbocycles. The number of allylic oxidation sites excluding steroid dienone is 1. The van der Waals surface area contributed by atoms with Gasteiger partial charge in [-0.3, -0.25) is 9.98 Å². The predicted octanol–water partition coefficient (Wildman–Crippen LogP) is 7.99. The number of aliphatic imine (C=N–C) groups is 1. The molecule has 0 atom stereocenters. The predicted molar refractivity (Wildman–Crippen MR) is 156 cm³/mol. The maximum atomic E-state index is 12.8. The minimum Gasteiger partial charge on any atom is -0.423 e. The number of nitrogens with zero attached hydrogens (tertiary/aromatic N) is 2. The van der Waals surface area contributed by atoms with E-state index in [2.05, 4.69) is 23.1 Å². The minimum absolute atomic E-state index is 0.106. The van der Waals surface area contributed by atoms with E-state index in [1.165, 1.54) is 24.4 Å². The molecule has 0 N–H and O–H groups in total. The average molecular weight is 539 g/mol. The molecule has 0 saturated heterocycles. The molecule has 0 fully saturated rings. The number of hydrogen-bond donors (Lipinski definition) is 0. The van der Waals surface area contributed by atoms with Gasteiger partial charge in [0.2, 0.25) is 0 Å². The maximum absolute atomic E-state index is 12.8. The standard InChI is InChI=1S/C30H21ClN2O4.C2H6/c1-3-27(32-4-2)20-8-12-25(13-9-20)36-29(34)22-17-23(19-24(31)18-22)30(35)37-26-14-10-21(11-15-26)28-7-5-6-16-33-28;1-2/h3-19H,1-2H2;1-2H3. The number of rotatable bonds is 8. The molecular formula is C32H27ClN2O4. The first kappa shape index (κ1) is 28.8. The Morgan fingerprint density at radius 3 is 1.85 bits per heavy atom. The molecule has 0 aliphatic rings. The van der Waals surface area contributed by atoms with Gasteiger partial charge in [0.05, 0.1) is 22.5 Å². The second kappa shape index (κ2) is 14.2. The first-order chi connectivity index (χ1) is 19.0. The lowest BCUT2D eigenvalue weighted by Gasteiger charge is -2.09. The third-order valence-corrected chi connectivity index (χ3v) is 5.40. The van der Waals surface area contributed by atoms with Gasteiger partial charge in [-0.05, 0) is 84.9 Å². The fraction of sp³-hybridized carbons (Fsp3) is 0.0625. The van der Waals surface area contributed by atoms with Gasteiger partial charge in [0.15, 0.2) is 0 Å². The zero-order valence-corrected chi connectivity index (χ0v) is 22.4. The van der Waals surface area contributed by atoms with Crippen LogP contribution in [0.4, 0.5) is 0 Å². The highest BCUT2D eigenvalue weighted by atomic mass is 35.5. The molecule has 0 bridgehead atoms. The van der Waals surface area contributed by atoms with Crippen molar-refractivity contribution in [1.82, 2.24) is 4.98 Å². The monoisotopic (exact) mass is 538 g/mol. The Morgan fingerprint density at radius 1 is 0.795 bits per heavy atom. The molecular weight excluding hydrogens is 512 g/mol. The van der Waals surface area contributed by atoms with E-state index in [1.807, 2.05) is 32.0 Å². The number of halogens is 1. The summed E-state index contributed by atoms with van der Waals surface area (Å²) in [5.74, 6) is -0.682. The fourth-order valence-electron chi connectivity index (χ4n) is 3.42. The summed E-state index contributed by atoms with van der Waals surface area (Å²) in [4.78, 5) is 33.9. The van der Waals surface area contributed by atoms with E-state index in [0.717, 1.165) is 16.8 Å². The first-order valence-electron chi connectivity index (χ1n) is 12.1. The quantitative estimate of drug-likeness (QED) is 0.129. The summed E-state index contributed by atoms with van der Waals surface area (Å²) in [6.45, 7) is 11.3. The van der Waals surface area contributed by atoms with Crippen LogP contribution in [0.2, 0.25) is 5.02 Å². The Labute approximate surface area is 232 Å². The molecule has 1 aromatic heterocycles. The molecule has 0 unspecified atom stereocenters. The number of aromatic nitrogens is 1. The van der Waals surface area contributed by atoms with E-state index in [0.29, 0.717) is 17.2 Å². The number of carbonyl (C=O) groups excluding carboxylic acids is 2. The lowest BCUT2D eigenvalue weighted by Crippen LogP contribution is -2.13. The Hall–Kier alpha value is -4.81. The van der Waals surface area contributed by atoms with Crippen molar-refractivity contribution < 1.29 is 19.1 Å². The van der Waals surface area contributed by atoms with E-state index in [4.69, 9.17) is 21.1 Å². The van der Waals surface area contributed by atoms with Crippen molar-refractivity contribution >= 4 is 29.3 Å². The summed E-state index contributed by atoms with van der Waals surface area (Å²) in [6.07, 6.45) is 4.73. The highest BCUT2D eigenvalue weighted by Gasteiger charge is 2.16. The van der Waals surface area contributed by atoms with Crippen molar-refractivity contribution in [1.29, 1.82) is 0 Å². The topological polar surface area (TPSA) is 77.8 Å². The summed E-state index contributed by atoms with van der Waals surface area (Å²) >= 11 is 6.18. The van der Waals surface area contributed by atoms with Crippen LogP contribution in [0.5, 0.6) is 11.5 Å². The zero-order valence-electron chi connectivity index (χ0n) is 21.6. The molecule has 1 heterocycles. The molecule has 4 rings (SSSR count). The second-order valence-corrected chi connectivity index (χ2v) is 8.11. The first-order valence-corrected chi connectivity index (χ1v) is 12.5. The van der Waals surface area contributed by atoms with Gasteiger partial charge in [-0.1, -0.05) is 44.7 Å². The van der Waals surface area contributed by atoms with E-state index in [1.54, 1.807) is 60.8 Å². The summed E-state index contributed by atoms with van der Waals surface area (Å²) in [5.41, 5.74) is 3.33. The largest absolute Gasteiger partial charge is 0.423 e. The number of esters is 2. The molecule has 3 aromatic carbocycles. The van der Waals surface area contributed by atoms with Gasteiger partial charge in [-0.15, -0.1) is 0 Å². The second-order valence-electron chi connectivity index (χ2n) is 7.67. The average Bonchev–Trinajstić information content (AvgIpc) is 2.98. The molecule has 196 valence electrons. The zero-order chi connectivity index (χ0) is 28.2. The van der Waals surface area contributed by atoms with Crippen molar-refractivity contribution in [3.8, 4) is 22.8 Å². The molecule has 0 amide bonds. The van der Waals surface area contributed by atoms with Crippen LogP contribution in [-0.4, -0.2) is 22.6 Å². The third-order valence-electron chi connectivity index (χ3n) is 5.18. The molecule has 0 radical (unpaired) electrons. The molecule has 0 aliphatic heterocycles. The summed E-state index contributed by atoms with van der Waals surface area (Å²) < 4.78 is 10.9. The minimum atomic E-state index is -0.673. The van der Waals surface area contributed by atoms with Crippen molar-refractivity contribution in [2.75, 3.05) is 0 Å². The van der Waals surface area contributed by atoms with Gasteiger partial charge in [-0.2, -0.15) is 0 Å². The molecule has 7 heteroatoms. The SMILES string of the molecule is C=CN=C(C=C)c1ccc(OC(=O)c2cc(Cl)cc(C(=O)Oc3ccc(-c4ccccn4)cc3)c2)cc1.CC. The summed E-state index contributed by atoms with van der Waals surface area (Å²) in [7, 11) is 0. The van der Waals surface area contributed by atoms with Crippen LogP contribution in [0.25, 0.3) is 11.3 Å². The van der Waals surface area contributed by atoms with Crippen molar-refractivity contribution in [2.24, 2.45) is 4.99 Å². The van der Waals surface area contributed by atoms with Gasteiger partial charge < -0.3 is 9.47 Å². The number of hydrogen-bond acceptors (Lipinski definition) is 6. The van der Waals surface area contributed by atoms with Gasteiger partial charge in [0.25, 0.3) is 0 Å². The van der Waals surface area contributed by atoms with Crippen LogP contribution >= 0.6 is 11.6 Å². The number of pyridine rings is 1. The van der Waals surface area contributed by atoms with Gasteiger partial charge in [0, 0.05) is 28.5 Å². The van der Waals surface area contributed by atoms with E-state index < -0.39 is 11.9 Å². The van der Waals surface area contributed by atoms with Crippen molar-refractivity contribution in [3.05, 3.63) is 138 Å². The van der Waals surface area contributed by atoms with Crippen LogP contribution < -0.4 is 9.47 Å². The van der Waals surface area contributed by atoms with Crippen LogP contribution in [-0.2, 0) is 0 Å². The van der Waals surface area contributed by atoms with E-state index in [-0.39, 0.29) is 16.1 Å². The van der Waals surface area contributed by atoms with Gasteiger partial charge >= 0.3 is 11.9 Å². The summed E-state index contributed by atoms with van der Waals surface area (Å²) in [6, 6.07) is 23.5. The molecule has 4 aromatic rings. The number of benzene rings is 3. The van der Waals surface area contributed by atoms with E-state index >= 15 is 0 Å². The Bertz CT molecular complexity index is 1480. The number of carbonyl (C=O) groups is 2. The summed E-state index contributed by atoms with van der Waals surface area (Å²) in [5, 5.41) is 0.193. The van der Waals surface area contributed by atoms with Gasteiger partial charge in [-0.25, -0.2) is 9.59 Å². The van der Waals surface area contributed by atoms with Gasteiger partial charge in [0.1, 0.15) is 11.5 Å². The Kier molecular flexibility index (Phi) is 10.5. The van der Waals surface area contributed by atoms with Crippen LogP contribution in [0.15, 0.2) is 122 Å². The highest BCUT2D eigenvalue weighted by molar-refractivity contribution is 6.31. The Morgan fingerprint density at radius 2 is 1.36 bits per heavy atom. The lowest BCUT2D eigenvalue weighted by atomic mass is 10.1. The maximum Gasteiger partial charge on any atom is 0.343 e. The molecule has 6 nitrogen and oxygen atoms in total. The smallest absolute Gasteiger partial charge is 0.343 e. The van der Waals surface area contributed by atoms with Crippen molar-refractivity contribution in [2.45, 2.75) is 13.8 Å². The molecule has 0 saturated carbocycles. The lowest BCUT2D eigenvalue weighted by molar-refractivity contribution is 0.0734. The van der Waals surface area contributed by atoms with Crippen LogP contribution in [0.3, 0.4) is 0 Å². The van der Waals surface area contributed by atoms with Crippen molar-refractivity contribution in [3.63, 3.8) is 0 Å². The Balaban J connectivity index is 0.00000205. The number of ether oxygens (including phenoxy) is 2.